The SMILES string of the molecule is CC(C)(NC(=O)Nc1ccccc1)C(=O)NC1CCNC1.Cl. The van der Waals surface area contributed by atoms with Gasteiger partial charge in [0, 0.05) is 18.3 Å². The van der Waals surface area contributed by atoms with Gasteiger partial charge in [-0.05, 0) is 38.9 Å². The van der Waals surface area contributed by atoms with Gasteiger partial charge in [0.05, 0.1) is 0 Å². The van der Waals surface area contributed by atoms with Crippen molar-refractivity contribution in [3.05, 3.63) is 30.3 Å². The summed E-state index contributed by atoms with van der Waals surface area (Å²) in [6.45, 7) is 5.07. The lowest BCUT2D eigenvalue weighted by Crippen LogP contribution is -2.57. The van der Waals surface area contributed by atoms with Gasteiger partial charge in [-0.3, -0.25) is 4.79 Å². The van der Waals surface area contributed by atoms with Crippen LogP contribution in [-0.4, -0.2) is 36.6 Å². The number of anilines is 1. The average molecular weight is 327 g/mol. The molecule has 1 saturated heterocycles. The summed E-state index contributed by atoms with van der Waals surface area (Å²) in [6, 6.07) is 8.85. The zero-order valence-corrected chi connectivity index (χ0v) is 13.6. The summed E-state index contributed by atoms with van der Waals surface area (Å²) in [6.07, 6.45) is 0.915. The van der Waals surface area contributed by atoms with Crippen LogP contribution in [-0.2, 0) is 4.79 Å². The fourth-order valence-corrected chi connectivity index (χ4v) is 2.17. The molecule has 1 aliphatic rings. The van der Waals surface area contributed by atoms with Crippen molar-refractivity contribution < 1.29 is 9.59 Å². The van der Waals surface area contributed by atoms with E-state index in [1.165, 1.54) is 0 Å². The van der Waals surface area contributed by atoms with Gasteiger partial charge < -0.3 is 21.3 Å². The number of carbonyl (C=O) groups excluding carboxylic acids is 2. The lowest BCUT2D eigenvalue weighted by atomic mass is 10.0. The van der Waals surface area contributed by atoms with Crippen LogP contribution in [0.3, 0.4) is 0 Å². The van der Waals surface area contributed by atoms with Crippen LogP contribution in [0.4, 0.5) is 10.5 Å². The number of rotatable bonds is 4. The molecule has 1 unspecified atom stereocenters. The Morgan fingerprint density at radius 3 is 2.50 bits per heavy atom. The van der Waals surface area contributed by atoms with Crippen LogP contribution in [0.2, 0.25) is 0 Å². The van der Waals surface area contributed by atoms with Gasteiger partial charge in [-0.25, -0.2) is 4.79 Å². The number of carbonyl (C=O) groups is 2. The van der Waals surface area contributed by atoms with E-state index in [2.05, 4.69) is 21.3 Å². The Balaban J connectivity index is 0.00000242. The number of halogens is 1. The molecule has 0 spiro atoms. The third-order valence-electron chi connectivity index (χ3n) is 3.42. The van der Waals surface area contributed by atoms with Crippen LogP contribution >= 0.6 is 12.4 Å². The second-order valence-electron chi connectivity index (χ2n) is 5.73. The molecule has 1 aliphatic heterocycles. The molecule has 0 bridgehead atoms. The molecule has 6 nitrogen and oxygen atoms in total. The number of benzene rings is 1. The van der Waals surface area contributed by atoms with Crippen molar-refractivity contribution in [3.63, 3.8) is 0 Å². The minimum absolute atomic E-state index is 0. The fourth-order valence-electron chi connectivity index (χ4n) is 2.17. The van der Waals surface area contributed by atoms with Crippen molar-refractivity contribution in [2.75, 3.05) is 18.4 Å². The Labute approximate surface area is 136 Å². The van der Waals surface area contributed by atoms with E-state index in [-0.39, 0.29) is 24.4 Å². The quantitative estimate of drug-likeness (QED) is 0.676. The number of hydrogen-bond acceptors (Lipinski definition) is 3. The summed E-state index contributed by atoms with van der Waals surface area (Å²) < 4.78 is 0. The summed E-state index contributed by atoms with van der Waals surface area (Å²) in [5, 5.41) is 11.5. The van der Waals surface area contributed by atoms with Crippen molar-refractivity contribution in [3.8, 4) is 0 Å². The van der Waals surface area contributed by atoms with E-state index in [1.54, 1.807) is 26.0 Å². The maximum atomic E-state index is 12.2. The first kappa shape index (κ1) is 18.3. The Morgan fingerprint density at radius 2 is 1.91 bits per heavy atom. The highest BCUT2D eigenvalue weighted by Crippen LogP contribution is 2.08. The Hall–Kier alpha value is -1.79. The Bertz CT molecular complexity index is 502. The molecule has 1 atom stereocenters. The summed E-state index contributed by atoms with van der Waals surface area (Å²) >= 11 is 0. The first-order valence-electron chi connectivity index (χ1n) is 7.13. The first-order chi connectivity index (χ1) is 9.97. The van der Waals surface area contributed by atoms with E-state index in [4.69, 9.17) is 0 Å². The Morgan fingerprint density at radius 1 is 1.23 bits per heavy atom. The zero-order valence-electron chi connectivity index (χ0n) is 12.8. The smallest absolute Gasteiger partial charge is 0.320 e. The lowest BCUT2D eigenvalue weighted by Gasteiger charge is -2.27. The van der Waals surface area contributed by atoms with Gasteiger partial charge in [0.25, 0.3) is 0 Å². The van der Waals surface area contributed by atoms with E-state index >= 15 is 0 Å². The van der Waals surface area contributed by atoms with E-state index < -0.39 is 11.6 Å². The fraction of sp³-hybridized carbons (Fsp3) is 0.467. The van der Waals surface area contributed by atoms with Crippen molar-refractivity contribution >= 4 is 30.0 Å². The van der Waals surface area contributed by atoms with Crippen molar-refractivity contribution in [1.29, 1.82) is 0 Å². The minimum atomic E-state index is -0.971. The second kappa shape index (κ2) is 8.00. The van der Waals surface area contributed by atoms with Crippen LogP contribution in [0.25, 0.3) is 0 Å². The first-order valence-corrected chi connectivity index (χ1v) is 7.13. The number of nitrogens with one attached hydrogen (secondary N) is 4. The predicted molar refractivity (Wildman–Crippen MR) is 89.3 cm³/mol. The summed E-state index contributed by atoms with van der Waals surface area (Å²) in [5.41, 5.74) is -0.284. The van der Waals surface area contributed by atoms with Gasteiger partial charge in [0.1, 0.15) is 5.54 Å². The number of urea groups is 1. The van der Waals surface area contributed by atoms with Crippen LogP contribution in [0, 0.1) is 0 Å². The topological polar surface area (TPSA) is 82.3 Å². The molecule has 1 heterocycles. The van der Waals surface area contributed by atoms with Crippen molar-refractivity contribution in [1.82, 2.24) is 16.0 Å². The summed E-state index contributed by atoms with van der Waals surface area (Å²) in [4.78, 5) is 24.2. The van der Waals surface area contributed by atoms with Crippen molar-refractivity contribution in [2.45, 2.75) is 31.8 Å². The molecule has 22 heavy (non-hydrogen) atoms. The van der Waals surface area contributed by atoms with Gasteiger partial charge in [0.15, 0.2) is 0 Å². The molecule has 0 radical (unpaired) electrons. The minimum Gasteiger partial charge on any atom is -0.350 e. The van der Waals surface area contributed by atoms with Gasteiger partial charge in [0.2, 0.25) is 5.91 Å². The van der Waals surface area contributed by atoms with E-state index in [1.807, 2.05) is 18.2 Å². The van der Waals surface area contributed by atoms with Gasteiger partial charge in [-0.1, -0.05) is 18.2 Å². The maximum Gasteiger partial charge on any atom is 0.320 e. The van der Waals surface area contributed by atoms with Gasteiger partial charge in [-0.15, -0.1) is 12.4 Å². The molecule has 1 aromatic rings. The van der Waals surface area contributed by atoms with Gasteiger partial charge >= 0.3 is 6.03 Å². The van der Waals surface area contributed by atoms with E-state index in [0.717, 1.165) is 19.5 Å². The maximum absolute atomic E-state index is 12.2. The molecule has 4 N–H and O–H groups in total. The highest BCUT2D eigenvalue weighted by atomic mass is 35.5. The molecule has 3 amide bonds. The monoisotopic (exact) mass is 326 g/mol. The molecule has 122 valence electrons. The standard InChI is InChI=1S/C15H22N4O2.ClH/c1-15(2,13(20)17-12-8-9-16-10-12)19-14(21)18-11-6-4-3-5-7-11;/h3-7,12,16H,8-10H2,1-2H3,(H,17,20)(H2,18,19,21);1H. The van der Waals surface area contributed by atoms with Crippen LogP contribution in [0.5, 0.6) is 0 Å². The molecule has 2 rings (SSSR count). The number of para-hydroxylation sites is 1. The number of hydrogen-bond donors (Lipinski definition) is 4. The Kier molecular flexibility index (Phi) is 6.64. The highest BCUT2D eigenvalue weighted by Gasteiger charge is 2.31. The normalized spacial score (nSPS) is 17.3. The largest absolute Gasteiger partial charge is 0.350 e. The van der Waals surface area contributed by atoms with Gasteiger partial charge in [-0.2, -0.15) is 0 Å². The molecule has 0 saturated carbocycles. The van der Waals surface area contributed by atoms with Crippen LogP contribution in [0.15, 0.2) is 30.3 Å². The van der Waals surface area contributed by atoms with Crippen LogP contribution < -0.4 is 21.3 Å². The zero-order chi connectivity index (χ0) is 15.3. The molecular weight excluding hydrogens is 304 g/mol. The van der Waals surface area contributed by atoms with Crippen LogP contribution in [0.1, 0.15) is 20.3 Å². The summed E-state index contributed by atoms with van der Waals surface area (Å²) in [7, 11) is 0. The molecule has 0 aliphatic carbocycles. The van der Waals surface area contributed by atoms with E-state index in [0.29, 0.717) is 5.69 Å². The summed E-state index contributed by atoms with van der Waals surface area (Å²) in [5.74, 6) is -0.181. The molecule has 7 heteroatoms. The molecule has 1 fully saturated rings. The van der Waals surface area contributed by atoms with E-state index in [9.17, 15) is 9.59 Å². The lowest BCUT2D eigenvalue weighted by molar-refractivity contribution is -0.126. The second-order valence-corrected chi connectivity index (χ2v) is 5.73. The van der Waals surface area contributed by atoms with Crippen molar-refractivity contribution in [2.24, 2.45) is 0 Å². The highest BCUT2D eigenvalue weighted by molar-refractivity contribution is 5.95. The third kappa shape index (κ3) is 5.20. The predicted octanol–water partition coefficient (Wildman–Crippen LogP) is 1.49. The molecule has 1 aromatic carbocycles. The number of amides is 3. The average Bonchev–Trinajstić information content (AvgIpc) is 2.92. The molecule has 0 aromatic heterocycles. The molecular formula is C15H23ClN4O2. The third-order valence-corrected chi connectivity index (χ3v) is 3.42.